The van der Waals surface area contributed by atoms with Crippen molar-refractivity contribution in [1.29, 1.82) is 0 Å². The first-order valence-corrected chi connectivity index (χ1v) is 15.0. The molecule has 13 nitrogen and oxygen atoms in total. The number of rotatable bonds is 8. The van der Waals surface area contributed by atoms with Crippen LogP contribution in [0.5, 0.6) is 17.2 Å². The van der Waals surface area contributed by atoms with Crippen LogP contribution in [-0.2, 0) is 20.7 Å². The Hall–Kier alpha value is -4.04. The first-order chi connectivity index (χ1) is 21.3. The zero-order valence-corrected chi connectivity index (χ0v) is 25.5. The number of ketones is 3. The van der Waals surface area contributed by atoms with E-state index >= 15 is 0 Å². The number of hydrogen-bond donors (Lipinski definition) is 6. The fourth-order valence-corrected chi connectivity index (χ4v) is 6.37. The number of phenolic OH excluding ortho intramolecular Hbond substituents is 2. The van der Waals surface area contributed by atoms with Gasteiger partial charge in [-0.1, -0.05) is 25.5 Å². The summed E-state index contributed by atoms with van der Waals surface area (Å²) in [4.78, 5) is 52.6. The smallest absolute Gasteiger partial charge is 0.315 e. The van der Waals surface area contributed by atoms with Gasteiger partial charge in [-0.25, -0.2) is 4.79 Å². The number of aliphatic hydroxyl groups excluding tert-OH is 1. The minimum Gasteiger partial charge on any atom is -0.507 e. The molecular weight excluding hydrogens is 588 g/mol. The molecule has 2 aliphatic carbocycles. The largest absolute Gasteiger partial charge is 0.507 e. The Morgan fingerprint density at radius 3 is 2.49 bits per heavy atom. The summed E-state index contributed by atoms with van der Waals surface area (Å²) in [6, 6.07) is 3.12. The summed E-state index contributed by atoms with van der Waals surface area (Å²) < 4.78 is 17.4. The Morgan fingerprint density at radius 2 is 1.82 bits per heavy atom. The number of unbranched alkanes of at least 4 members (excludes halogenated alkanes) is 1. The van der Waals surface area contributed by atoms with E-state index in [9.17, 15) is 39.6 Å². The molecule has 0 saturated carbocycles. The fraction of sp³-hybridized carbons (Fsp3) is 0.500. The van der Waals surface area contributed by atoms with E-state index in [4.69, 9.17) is 14.2 Å². The number of phenols is 2. The summed E-state index contributed by atoms with van der Waals surface area (Å²) in [6.45, 7) is 5.18. The summed E-state index contributed by atoms with van der Waals surface area (Å²) in [7, 11) is 1.33. The van der Waals surface area contributed by atoms with Gasteiger partial charge in [0.2, 0.25) is 5.78 Å². The van der Waals surface area contributed by atoms with E-state index in [2.05, 4.69) is 10.6 Å². The average Bonchev–Trinajstić information content (AvgIpc) is 2.99. The zero-order chi connectivity index (χ0) is 32.8. The van der Waals surface area contributed by atoms with Crippen LogP contribution in [-0.4, -0.2) is 87.6 Å². The third-order valence-electron chi connectivity index (χ3n) is 8.89. The number of methoxy groups -OCH3 is 1. The van der Waals surface area contributed by atoms with Gasteiger partial charge < -0.3 is 45.3 Å². The molecule has 0 aromatic heterocycles. The number of ether oxygens (including phenoxy) is 3. The van der Waals surface area contributed by atoms with Crippen molar-refractivity contribution >= 4 is 23.4 Å². The van der Waals surface area contributed by atoms with E-state index in [1.54, 1.807) is 6.92 Å². The SMILES string of the molecule is CCCCNC(=O)N[C@@H]1C[C@H](O[C@@H]2C[C@](O)(C(C)=O)Cc3c(O)c4c(c(O)c32)C(=O)c2c(OC)cccc2C4=O)O[C@H](C)[C@@H]1O. The van der Waals surface area contributed by atoms with Crippen LogP contribution in [0.4, 0.5) is 4.79 Å². The molecule has 0 unspecified atom stereocenters. The molecule has 3 aliphatic rings. The Balaban J connectivity index is 1.54. The molecule has 6 N–H and O–H groups in total. The number of benzene rings is 2. The van der Waals surface area contributed by atoms with Crippen LogP contribution in [0.1, 0.15) is 95.5 Å². The highest BCUT2D eigenvalue weighted by atomic mass is 16.7. The molecule has 13 heteroatoms. The second kappa shape index (κ2) is 12.4. The molecule has 2 aromatic rings. The van der Waals surface area contributed by atoms with Crippen molar-refractivity contribution in [3.8, 4) is 17.2 Å². The lowest BCUT2D eigenvalue weighted by molar-refractivity contribution is -0.248. The summed E-state index contributed by atoms with van der Waals surface area (Å²) in [6.07, 6.45) is -3.55. The number of aromatic hydroxyl groups is 2. The zero-order valence-electron chi connectivity index (χ0n) is 25.5. The number of fused-ring (bicyclic) bond motifs is 3. The molecule has 0 spiro atoms. The van der Waals surface area contributed by atoms with Crippen molar-refractivity contribution in [2.45, 2.75) is 89.1 Å². The molecule has 0 bridgehead atoms. The van der Waals surface area contributed by atoms with Crippen LogP contribution in [0.3, 0.4) is 0 Å². The van der Waals surface area contributed by atoms with Gasteiger partial charge in [-0.05, 0) is 26.3 Å². The van der Waals surface area contributed by atoms with Gasteiger partial charge in [0, 0.05) is 42.5 Å². The van der Waals surface area contributed by atoms with Gasteiger partial charge in [0.05, 0.1) is 42.0 Å². The lowest BCUT2D eigenvalue weighted by atomic mass is 9.72. The maximum Gasteiger partial charge on any atom is 0.315 e. The summed E-state index contributed by atoms with van der Waals surface area (Å²) in [5.41, 5.74) is -3.28. The highest BCUT2D eigenvalue weighted by molar-refractivity contribution is 6.31. The second-order valence-electron chi connectivity index (χ2n) is 11.8. The molecule has 1 aliphatic heterocycles. The molecule has 1 fully saturated rings. The molecule has 45 heavy (non-hydrogen) atoms. The molecule has 6 atom stereocenters. The number of urea groups is 1. The van der Waals surface area contributed by atoms with Gasteiger partial charge in [0.25, 0.3) is 0 Å². The van der Waals surface area contributed by atoms with E-state index in [0.29, 0.717) is 6.54 Å². The number of carbonyl (C=O) groups is 4. The summed E-state index contributed by atoms with van der Waals surface area (Å²) in [5, 5.41) is 50.7. The van der Waals surface area contributed by atoms with Crippen molar-refractivity contribution in [3.05, 3.63) is 51.6 Å². The normalized spacial score (nSPS) is 27.2. The van der Waals surface area contributed by atoms with Crippen LogP contribution in [0.25, 0.3) is 0 Å². The lowest BCUT2D eigenvalue weighted by Crippen LogP contribution is -2.57. The number of carbonyl (C=O) groups excluding carboxylic acids is 4. The van der Waals surface area contributed by atoms with E-state index in [-0.39, 0.29) is 40.8 Å². The lowest BCUT2D eigenvalue weighted by Gasteiger charge is -2.42. The number of Topliss-reactive ketones (excluding diaryl/α,β-unsaturated/α-hetero) is 1. The Labute approximate surface area is 259 Å². The van der Waals surface area contributed by atoms with Crippen molar-refractivity contribution in [2.24, 2.45) is 0 Å². The van der Waals surface area contributed by atoms with Crippen molar-refractivity contribution in [3.63, 3.8) is 0 Å². The third-order valence-corrected chi connectivity index (χ3v) is 8.89. The van der Waals surface area contributed by atoms with Crippen LogP contribution in [0.2, 0.25) is 0 Å². The predicted molar refractivity (Wildman–Crippen MR) is 158 cm³/mol. The fourth-order valence-electron chi connectivity index (χ4n) is 6.37. The van der Waals surface area contributed by atoms with E-state index in [1.807, 2.05) is 6.92 Å². The highest BCUT2D eigenvalue weighted by Crippen LogP contribution is 2.52. The van der Waals surface area contributed by atoms with E-state index in [1.165, 1.54) is 32.2 Å². The molecule has 1 heterocycles. The van der Waals surface area contributed by atoms with Crippen LogP contribution < -0.4 is 15.4 Å². The Kier molecular flexibility index (Phi) is 8.91. The summed E-state index contributed by atoms with van der Waals surface area (Å²) in [5.74, 6) is -3.35. The maximum atomic E-state index is 13.8. The van der Waals surface area contributed by atoms with Gasteiger partial charge in [-0.15, -0.1) is 0 Å². The number of amides is 2. The van der Waals surface area contributed by atoms with Crippen LogP contribution >= 0.6 is 0 Å². The standard InChI is InChI=1S/C32H38N2O11/c1-5-6-10-33-31(41)34-18-11-21(44-14(2)26(18)36)45-20-13-32(42,15(3)35)12-17-23(20)30(40)25-24(28(17)38)27(37)16-8-7-9-19(43-4)22(16)29(25)39/h7-9,14,18,20-21,26,36,38,40,42H,5-6,10-13H2,1-4H3,(H2,33,34,41)/t14-,18-,20-,21+,26+,32+/m1/s1. The van der Waals surface area contributed by atoms with Crippen molar-refractivity contribution in [1.82, 2.24) is 10.6 Å². The minimum atomic E-state index is -2.06. The molecule has 1 saturated heterocycles. The van der Waals surface area contributed by atoms with E-state index in [0.717, 1.165) is 12.8 Å². The first-order valence-electron chi connectivity index (χ1n) is 15.0. The van der Waals surface area contributed by atoms with Crippen molar-refractivity contribution in [2.75, 3.05) is 13.7 Å². The van der Waals surface area contributed by atoms with Crippen LogP contribution in [0, 0.1) is 0 Å². The van der Waals surface area contributed by atoms with Crippen molar-refractivity contribution < 1.29 is 53.8 Å². The molecule has 5 rings (SSSR count). The first kappa shape index (κ1) is 32.4. The predicted octanol–water partition coefficient (Wildman–Crippen LogP) is 2.17. The van der Waals surface area contributed by atoms with Gasteiger partial charge >= 0.3 is 6.03 Å². The second-order valence-corrected chi connectivity index (χ2v) is 11.8. The number of aliphatic hydroxyl groups is 2. The molecule has 2 aromatic carbocycles. The maximum absolute atomic E-state index is 13.8. The van der Waals surface area contributed by atoms with Gasteiger partial charge in [-0.3, -0.25) is 14.4 Å². The Bertz CT molecular complexity index is 1560. The topological polar surface area (TPSA) is 201 Å². The average molecular weight is 627 g/mol. The van der Waals surface area contributed by atoms with E-state index < -0.39 is 88.7 Å². The third kappa shape index (κ3) is 5.65. The van der Waals surface area contributed by atoms with Gasteiger partial charge in [0.1, 0.15) is 29.0 Å². The molecule has 0 radical (unpaired) electrons. The molecular formula is C32H38N2O11. The Morgan fingerprint density at radius 1 is 1.11 bits per heavy atom. The van der Waals surface area contributed by atoms with Gasteiger partial charge in [-0.2, -0.15) is 0 Å². The minimum absolute atomic E-state index is 0.0348. The highest BCUT2D eigenvalue weighted by Gasteiger charge is 2.49. The van der Waals surface area contributed by atoms with Gasteiger partial charge in [0.15, 0.2) is 17.9 Å². The molecule has 2 amide bonds. The monoisotopic (exact) mass is 626 g/mol. The summed E-state index contributed by atoms with van der Waals surface area (Å²) >= 11 is 0. The molecule has 242 valence electrons. The van der Waals surface area contributed by atoms with Crippen LogP contribution in [0.15, 0.2) is 18.2 Å². The number of hydrogen-bond acceptors (Lipinski definition) is 11. The number of nitrogens with one attached hydrogen (secondary N) is 2. The quantitative estimate of drug-likeness (QED) is 0.158.